The Kier molecular flexibility index (Phi) is 4.86. The monoisotopic (exact) mass is 372 g/mol. The Morgan fingerprint density at radius 2 is 0.929 bits per heavy atom. The molecule has 2 aromatic heterocycles. The maximum Gasteiger partial charge on any atom is 0.137 e. The second-order valence-corrected chi connectivity index (χ2v) is 7.25. The molecular weight excluding hydrogens is 348 g/mol. The van der Waals surface area contributed by atoms with Crippen LogP contribution in [0.15, 0.2) is 69.7 Å². The first-order valence-corrected chi connectivity index (χ1v) is 9.53. The van der Waals surface area contributed by atoms with E-state index in [1.165, 1.54) is 11.1 Å². The predicted molar refractivity (Wildman–Crippen MR) is 109 cm³/mol. The molecule has 0 bridgehead atoms. The lowest BCUT2D eigenvalue weighted by Gasteiger charge is -2.28. The second-order valence-electron chi connectivity index (χ2n) is 7.25. The van der Waals surface area contributed by atoms with Crippen LogP contribution in [0, 0.1) is 27.7 Å². The normalized spacial score (nSPS) is 13.4. The van der Waals surface area contributed by atoms with Crippen LogP contribution in [0.3, 0.4) is 0 Å². The lowest BCUT2D eigenvalue weighted by Crippen LogP contribution is -2.17. The van der Waals surface area contributed by atoms with E-state index in [1.807, 2.05) is 39.8 Å². The predicted octanol–water partition coefficient (Wildman–Crippen LogP) is 5.86. The third kappa shape index (κ3) is 3.15. The highest BCUT2D eigenvalue weighted by Gasteiger charge is 2.35. The highest BCUT2D eigenvalue weighted by atomic mass is 16.5. The molecule has 0 amide bonds. The van der Waals surface area contributed by atoms with E-state index in [0.717, 1.165) is 34.0 Å². The standard InChI is InChI=1S/C24H24N2O2/c1-15-21(17(3)27-25-15)23(19-11-7-5-8-12-19)24(20-13-9-6-10-14-20)22-16(2)26-28-18(22)4/h5-14,23-24H,1-4H3/t23-,24-/m1/s1. The summed E-state index contributed by atoms with van der Waals surface area (Å²) < 4.78 is 11.1. The molecule has 0 aliphatic heterocycles. The average molecular weight is 372 g/mol. The van der Waals surface area contributed by atoms with Gasteiger partial charge in [-0.3, -0.25) is 0 Å². The first-order chi connectivity index (χ1) is 13.6. The summed E-state index contributed by atoms with van der Waals surface area (Å²) in [4.78, 5) is 0. The van der Waals surface area contributed by atoms with Gasteiger partial charge < -0.3 is 9.05 Å². The molecule has 142 valence electrons. The van der Waals surface area contributed by atoms with Crippen LogP contribution in [-0.4, -0.2) is 10.3 Å². The largest absolute Gasteiger partial charge is 0.361 e. The van der Waals surface area contributed by atoms with Crippen molar-refractivity contribution in [3.8, 4) is 0 Å². The van der Waals surface area contributed by atoms with Crippen molar-refractivity contribution in [3.63, 3.8) is 0 Å². The van der Waals surface area contributed by atoms with Gasteiger partial charge in [0.2, 0.25) is 0 Å². The van der Waals surface area contributed by atoms with Crippen molar-refractivity contribution in [1.82, 2.24) is 10.3 Å². The average Bonchev–Trinajstić information content (AvgIpc) is 3.22. The number of hydrogen-bond acceptors (Lipinski definition) is 4. The zero-order valence-corrected chi connectivity index (χ0v) is 16.6. The minimum Gasteiger partial charge on any atom is -0.361 e. The summed E-state index contributed by atoms with van der Waals surface area (Å²) in [7, 11) is 0. The third-order valence-electron chi connectivity index (χ3n) is 5.45. The summed E-state index contributed by atoms with van der Waals surface area (Å²) in [6.45, 7) is 8.00. The number of aromatic nitrogens is 2. The summed E-state index contributed by atoms with van der Waals surface area (Å²) >= 11 is 0. The molecule has 0 saturated heterocycles. The Morgan fingerprint density at radius 3 is 1.21 bits per heavy atom. The maximum atomic E-state index is 5.57. The van der Waals surface area contributed by atoms with Gasteiger partial charge in [-0.15, -0.1) is 0 Å². The van der Waals surface area contributed by atoms with Crippen LogP contribution in [0.1, 0.15) is 57.0 Å². The Hall–Kier alpha value is -3.14. The van der Waals surface area contributed by atoms with Crippen LogP contribution in [-0.2, 0) is 0 Å². The fourth-order valence-electron chi connectivity index (χ4n) is 4.24. The quantitative estimate of drug-likeness (QED) is 0.440. The molecular formula is C24H24N2O2. The number of nitrogens with zero attached hydrogens (tertiary/aromatic N) is 2. The molecule has 0 spiro atoms. The number of benzene rings is 2. The van der Waals surface area contributed by atoms with E-state index in [-0.39, 0.29) is 11.8 Å². The fourth-order valence-corrected chi connectivity index (χ4v) is 4.24. The molecule has 4 nitrogen and oxygen atoms in total. The molecule has 2 aromatic carbocycles. The van der Waals surface area contributed by atoms with E-state index >= 15 is 0 Å². The van der Waals surface area contributed by atoms with Gasteiger partial charge in [-0.25, -0.2) is 0 Å². The fraction of sp³-hybridized carbons (Fsp3) is 0.250. The molecule has 0 aliphatic rings. The third-order valence-corrected chi connectivity index (χ3v) is 5.45. The van der Waals surface area contributed by atoms with Crippen LogP contribution in [0.4, 0.5) is 0 Å². The van der Waals surface area contributed by atoms with Crippen molar-refractivity contribution >= 4 is 0 Å². The van der Waals surface area contributed by atoms with Crippen LogP contribution >= 0.6 is 0 Å². The summed E-state index contributed by atoms with van der Waals surface area (Å²) in [6, 6.07) is 21.1. The lowest BCUT2D eigenvalue weighted by molar-refractivity contribution is 0.390. The van der Waals surface area contributed by atoms with E-state index in [0.29, 0.717) is 0 Å². The topological polar surface area (TPSA) is 52.1 Å². The molecule has 0 saturated carbocycles. The van der Waals surface area contributed by atoms with Crippen LogP contribution in [0.2, 0.25) is 0 Å². The van der Waals surface area contributed by atoms with Gasteiger partial charge in [-0.2, -0.15) is 0 Å². The minimum atomic E-state index is 0.0339. The highest BCUT2D eigenvalue weighted by molar-refractivity contribution is 5.48. The molecule has 4 heteroatoms. The Labute approximate surface area is 165 Å². The molecule has 28 heavy (non-hydrogen) atoms. The van der Waals surface area contributed by atoms with Gasteiger partial charge in [0.05, 0.1) is 11.4 Å². The van der Waals surface area contributed by atoms with Crippen molar-refractivity contribution in [2.24, 2.45) is 0 Å². The van der Waals surface area contributed by atoms with Crippen molar-refractivity contribution in [2.75, 3.05) is 0 Å². The first kappa shape index (κ1) is 18.2. The van der Waals surface area contributed by atoms with Gasteiger partial charge in [0.25, 0.3) is 0 Å². The summed E-state index contributed by atoms with van der Waals surface area (Å²) in [5.41, 5.74) is 6.51. The molecule has 0 unspecified atom stereocenters. The van der Waals surface area contributed by atoms with Gasteiger partial charge in [-0.1, -0.05) is 71.0 Å². The number of hydrogen-bond donors (Lipinski definition) is 0. The Morgan fingerprint density at radius 1 is 0.571 bits per heavy atom. The van der Waals surface area contributed by atoms with Gasteiger partial charge in [0.1, 0.15) is 11.5 Å². The second kappa shape index (κ2) is 7.47. The summed E-state index contributed by atoms with van der Waals surface area (Å²) in [6.07, 6.45) is 0. The van der Waals surface area contributed by atoms with Gasteiger partial charge in [-0.05, 0) is 38.8 Å². The van der Waals surface area contributed by atoms with E-state index in [1.54, 1.807) is 0 Å². The van der Waals surface area contributed by atoms with E-state index in [4.69, 9.17) is 9.05 Å². The molecule has 2 heterocycles. The SMILES string of the molecule is Cc1noc(C)c1[C@@H](c1ccccc1)[C@H](c1ccccc1)c1c(C)noc1C. The zero-order chi connectivity index (χ0) is 19.7. The molecule has 0 radical (unpaired) electrons. The van der Waals surface area contributed by atoms with Gasteiger partial charge in [0, 0.05) is 23.0 Å². The molecule has 4 aromatic rings. The molecule has 0 N–H and O–H groups in total. The van der Waals surface area contributed by atoms with Crippen LogP contribution in [0.25, 0.3) is 0 Å². The van der Waals surface area contributed by atoms with Crippen LogP contribution < -0.4 is 0 Å². The number of aryl methyl sites for hydroxylation is 4. The zero-order valence-electron chi connectivity index (χ0n) is 16.6. The van der Waals surface area contributed by atoms with E-state index in [9.17, 15) is 0 Å². The highest BCUT2D eigenvalue weighted by Crippen LogP contribution is 2.46. The Balaban J connectivity index is 2.02. The van der Waals surface area contributed by atoms with E-state index < -0.39 is 0 Å². The van der Waals surface area contributed by atoms with Crippen molar-refractivity contribution in [2.45, 2.75) is 39.5 Å². The van der Waals surface area contributed by atoms with Crippen molar-refractivity contribution in [1.29, 1.82) is 0 Å². The lowest BCUT2D eigenvalue weighted by atomic mass is 9.72. The Bertz CT molecular complexity index is 938. The van der Waals surface area contributed by atoms with Gasteiger partial charge in [0.15, 0.2) is 0 Å². The maximum absolute atomic E-state index is 5.57. The molecule has 4 rings (SSSR count). The summed E-state index contributed by atoms with van der Waals surface area (Å²) in [5.74, 6) is 1.76. The molecule has 2 atom stereocenters. The van der Waals surface area contributed by atoms with Crippen LogP contribution in [0.5, 0.6) is 0 Å². The van der Waals surface area contributed by atoms with Gasteiger partial charge >= 0.3 is 0 Å². The number of rotatable bonds is 5. The smallest absolute Gasteiger partial charge is 0.137 e. The van der Waals surface area contributed by atoms with Crippen molar-refractivity contribution < 1.29 is 9.05 Å². The molecule has 0 aliphatic carbocycles. The first-order valence-electron chi connectivity index (χ1n) is 9.53. The summed E-state index contributed by atoms with van der Waals surface area (Å²) in [5, 5.41) is 8.50. The minimum absolute atomic E-state index is 0.0339. The van der Waals surface area contributed by atoms with E-state index in [2.05, 4.69) is 58.8 Å². The van der Waals surface area contributed by atoms with Crippen molar-refractivity contribution in [3.05, 3.63) is 106 Å². The molecule has 0 fully saturated rings.